The van der Waals surface area contributed by atoms with Crippen LogP contribution in [0.1, 0.15) is 18.9 Å². The Hall–Kier alpha value is -2.13. The Morgan fingerprint density at radius 3 is 2.67 bits per heavy atom. The lowest BCUT2D eigenvalue weighted by atomic mass is 10.1. The number of aromatic nitrogens is 1. The van der Waals surface area contributed by atoms with Crippen LogP contribution in [0.15, 0.2) is 60.3 Å². The molecule has 0 aliphatic carbocycles. The number of nitrogens with zero attached hydrogens (tertiary/aromatic N) is 1. The summed E-state index contributed by atoms with van der Waals surface area (Å²) in [5.41, 5.74) is 2.95. The number of hydrogen-bond acceptors (Lipinski definition) is 2. The second-order valence-corrected chi connectivity index (χ2v) is 5.22. The van der Waals surface area contributed by atoms with Crippen molar-refractivity contribution in [2.45, 2.75) is 19.8 Å². The zero-order chi connectivity index (χ0) is 15.1. The van der Waals surface area contributed by atoms with Crippen molar-refractivity contribution in [1.82, 2.24) is 4.98 Å². The first-order valence-electron chi connectivity index (χ1n) is 6.77. The van der Waals surface area contributed by atoms with Crippen LogP contribution in [-0.2, 0) is 11.2 Å². The van der Waals surface area contributed by atoms with Gasteiger partial charge in [-0.05, 0) is 37.5 Å². The number of pyridine rings is 1. The number of halogens is 1. The zero-order valence-corrected chi connectivity index (χ0v) is 12.6. The molecular formula is C17H17ClN2O. The third-order valence-electron chi connectivity index (χ3n) is 3.02. The summed E-state index contributed by atoms with van der Waals surface area (Å²) in [5, 5.41) is 3.17. The van der Waals surface area contributed by atoms with Crippen molar-refractivity contribution in [2.75, 3.05) is 5.32 Å². The highest BCUT2D eigenvalue weighted by Gasteiger charge is 2.01. The summed E-state index contributed by atoms with van der Waals surface area (Å²) in [6.07, 6.45) is 4.94. The number of aryl methyl sites for hydroxylation is 1. The normalized spacial score (nSPS) is 11.2. The van der Waals surface area contributed by atoms with Crippen molar-refractivity contribution in [3.8, 4) is 0 Å². The standard InChI is InChI=1S/C17H17ClN2O/c1-13(7-8-14-5-3-2-4-6-14)11-17(21)20-15-9-10-16(18)19-12-15/h2-6,9-12H,7-8H2,1H3,(H,20,21)/b13-11+. The highest BCUT2D eigenvalue weighted by molar-refractivity contribution is 6.29. The van der Waals surface area contributed by atoms with Crippen molar-refractivity contribution in [1.29, 1.82) is 0 Å². The van der Waals surface area contributed by atoms with Crippen LogP contribution in [0.4, 0.5) is 5.69 Å². The Kier molecular flexibility index (Phi) is 5.52. The van der Waals surface area contributed by atoms with Gasteiger partial charge < -0.3 is 5.32 Å². The number of hydrogen-bond donors (Lipinski definition) is 1. The number of rotatable bonds is 5. The summed E-state index contributed by atoms with van der Waals surface area (Å²) in [6.45, 7) is 1.96. The monoisotopic (exact) mass is 300 g/mol. The highest BCUT2D eigenvalue weighted by Crippen LogP contribution is 2.11. The Balaban J connectivity index is 1.86. The molecule has 108 valence electrons. The average molecular weight is 301 g/mol. The van der Waals surface area contributed by atoms with E-state index in [2.05, 4.69) is 22.4 Å². The van der Waals surface area contributed by atoms with E-state index < -0.39 is 0 Å². The molecule has 0 atom stereocenters. The Morgan fingerprint density at radius 2 is 2.00 bits per heavy atom. The molecule has 21 heavy (non-hydrogen) atoms. The molecule has 0 saturated carbocycles. The first-order chi connectivity index (χ1) is 10.1. The van der Waals surface area contributed by atoms with Crippen molar-refractivity contribution in [3.63, 3.8) is 0 Å². The van der Waals surface area contributed by atoms with Gasteiger partial charge in [0.2, 0.25) is 5.91 Å². The molecule has 1 aromatic heterocycles. The highest BCUT2D eigenvalue weighted by atomic mass is 35.5. The van der Waals surface area contributed by atoms with Gasteiger partial charge in [-0.15, -0.1) is 0 Å². The predicted octanol–water partition coefficient (Wildman–Crippen LogP) is 4.25. The molecule has 1 aromatic carbocycles. The smallest absolute Gasteiger partial charge is 0.248 e. The summed E-state index contributed by atoms with van der Waals surface area (Å²) in [4.78, 5) is 15.8. The van der Waals surface area contributed by atoms with Gasteiger partial charge in [0.1, 0.15) is 5.15 Å². The second-order valence-electron chi connectivity index (χ2n) is 4.84. The van der Waals surface area contributed by atoms with Gasteiger partial charge in [-0.3, -0.25) is 4.79 Å². The van der Waals surface area contributed by atoms with E-state index in [1.807, 2.05) is 25.1 Å². The Morgan fingerprint density at radius 1 is 1.24 bits per heavy atom. The van der Waals surface area contributed by atoms with Crippen molar-refractivity contribution >= 4 is 23.2 Å². The average Bonchev–Trinajstić information content (AvgIpc) is 2.48. The van der Waals surface area contributed by atoms with Gasteiger partial charge in [0.05, 0.1) is 11.9 Å². The van der Waals surface area contributed by atoms with E-state index in [9.17, 15) is 4.79 Å². The molecule has 0 aliphatic rings. The maximum Gasteiger partial charge on any atom is 0.248 e. The summed E-state index contributed by atoms with van der Waals surface area (Å²) in [5.74, 6) is -0.148. The minimum atomic E-state index is -0.148. The molecule has 0 spiro atoms. The van der Waals surface area contributed by atoms with Crippen molar-refractivity contribution in [2.24, 2.45) is 0 Å². The number of allylic oxidation sites excluding steroid dienone is 1. The Labute approximate surface area is 129 Å². The minimum absolute atomic E-state index is 0.148. The number of amides is 1. The molecule has 2 rings (SSSR count). The topological polar surface area (TPSA) is 42.0 Å². The van der Waals surface area contributed by atoms with E-state index in [1.165, 1.54) is 11.8 Å². The molecule has 1 amide bonds. The number of carbonyl (C=O) groups excluding carboxylic acids is 1. The predicted molar refractivity (Wildman–Crippen MR) is 86.4 cm³/mol. The fourth-order valence-electron chi connectivity index (χ4n) is 1.91. The van der Waals surface area contributed by atoms with Crippen LogP contribution in [0.5, 0.6) is 0 Å². The molecule has 0 aliphatic heterocycles. The first kappa shape index (κ1) is 15.3. The zero-order valence-electron chi connectivity index (χ0n) is 11.8. The summed E-state index contributed by atoms with van der Waals surface area (Å²) in [6, 6.07) is 13.6. The van der Waals surface area contributed by atoms with Crippen molar-refractivity contribution < 1.29 is 4.79 Å². The SMILES string of the molecule is C/C(=C\C(=O)Nc1ccc(Cl)nc1)CCc1ccccc1. The maximum atomic E-state index is 11.9. The van der Waals surface area contributed by atoms with E-state index >= 15 is 0 Å². The van der Waals surface area contributed by atoms with Crippen LogP contribution >= 0.6 is 11.6 Å². The van der Waals surface area contributed by atoms with E-state index in [1.54, 1.807) is 18.2 Å². The van der Waals surface area contributed by atoms with Gasteiger partial charge >= 0.3 is 0 Å². The number of nitrogens with one attached hydrogen (secondary N) is 1. The third-order valence-corrected chi connectivity index (χ3v) is 3.25. The number of carbonyl (C=O) groups is 1. The number of anilines is 1. The first-order valence-corrected chi connectivity index (χ1v) is 7.15. The third kappa shape index (κ3) is 5.40. The molecule has 1 heterocycles. The second kappa shape index (κ2) is 7.60. The Bertz CT molecular complexity index is 621. The lowest BCUT2D eigenvalue weighted by molar-refractivity contribution is -0.112. The molecule has 0 saturated heterocycles. The van der Waals surface area contributed by atoms with Crippen LogP contribution in [-0.4, -0.2) is 10.9 Å². The van der Waals surface area contributed by atoms with Gasteiger partial charge in [-0.2, -0.15) is 0 Å². The molecule has 0 unspecified atom stereocenters. The fourth-order valence-corrected chi connectivity index (χ4v) is 2.02. The molecule has 0 fully saturated rings. The van der Waals surface area contributed by atoms with Gasteiger partial charge in [-0.25, -0.2) is 4.98 Å². The molecule has 0 bridgehead atoms. The van der Waals surface area contributed by atoms with Gasteiger partial charge in [-0.1, -0.05) is 47.5 Å². The summed E-state index contributed by atoms with van der Waals surface area (Å²) >= 11 is 5.70. The molecule has 0 radical (unpaired) electrons. The number of benzene rings is 1. The van der Waals surface area contributed by atoms with Gasteiger partial charge in [0.25, 0.3) is 0 Å². The van der Waals surface area contributed by atoms with Crippen LogP contribution < -0.4 is 5.32 Å². The van der Waals surface area contributed by atoms with Crippen LogP contribution in [0, 0.1) is 0 Å². The molecule has 2 aromatic rings. The molecule has 1 N–H and O–H groups in total. The largest absolute Gasteiger partial charge is 0.321 e. The summed E-state index contributed by atoms with van der Waals surface area (Å²) in [7, 11) is 0. The molecular weight excluding hydrogens is 284 g/mol. The maximum absolute atomic E-state index is 11.9. The van der Waals surface area contributed by atoms with Gasteiger partial charge in [0, 0.05) is 6.08 Å². The van der Waals surface area contributed by atoms with E-state index in [4.69, 9.17) is 11.6 Å². The van der Waals surface area contributed by atoms with Crippen molar-refractivity contribution in [3.05, 3.63) is 71.0 Å². The molecule has 3 nitrogen and oxygen atoms in total. The van der Waals surface area contributed by atoms with Crippen LogP contribution in [0.25, 0.3) is 0 Å². The van der Waals surface area contributed by atoms with Gasteiger partial charge in [0.15, 0.2) is 0 Å². The fraction of sp³-hybridized carbons (Fsp3) is 0.176. The van der Waals surface area contributed by atoms with E-state index in [-0.39, 0.29) is 5.91 Å². The van der Waals surface area contributed by atoms with E-state index in [0.29, 0.717) is 10.8 Å². The lowest BCUT2D eigenvalue weighted by Gasteiger charge is -2.04. The quantitative estimate of drug-likeness (QED) is 0.662. The van der Waals surface area contributed by atoms with Crippen LogP contribution in [0.2, 0.25) is 5.15 Å². The van der Waals surface area contributed by atoms with E-state index in [0.717, 1.165) is 18.4 Å². The van der Waals surface area contributed by atoms with Crippen LogP contribution in [0.3, 0.4) is 0 Å². The molecule has 4 heteroatoms. The minimum Gasteiger partial charge on any atom is -0.321 e. The lowest BCUT2D eigenvalue weighted by Crippen LogP contribution is -2.09. The summed E-state index contributed by atoms with van der Waals surface area (Å²) < 4.78 is 0.